The third-order valence-corrected chi connectivity index (χ3v) is 1.63. The highest BCUT2D eigenvalue weighted by Crippen LogP contribution is 2.29. The number of nitrogens with zero attached hydrogens (tertiary/aromatic N) is 1. The Labute approximate surface area is 79.7 Å². The van der Waals surface area contributed by atoms with Crippen molar-refractivity contribution in [2.24, 2.45) is 0 Å². The summed E-state index contributed by atoms with van der Waals surface area (Å²) in [6, 6.07) is 2.20. The van der Waals surface area contributed by atoms with Crippen LogP contribution in [0, 0.1) is 6.92 Å². The van der Waals surface area contributed by atoms with Crippen molar-refractivity contribution in [2.45, 2.75) is 20.0 Å². The zero-order valence-corrected chi connectivity index (χ0v) is 7.85. The molecule has 14 heavy (non-hydrogen) atoms. The van der Waals surface area contributed by atoms with E-state index in [1.54, 1.807) is 6.92 Å². The highest BCUT2D eigenvalue weighted by molar-refractivity contribution is 5.29. The van der Waals surface area contributed by atoms with Gasteiger partial charge >= 0.3 is 6.18 Å². The Hall–Kier alpha value is -1.26. The number of ether oxygens (including phenoxy) is 1. The van der Waals surface area contributed by atoms with Crippen LogP contribution in [0.4, 0.5) is 13.2 Å². The molecule has 0 bridgehead atoms. The third kappa shape index (κ3) is 2.37. The Morgan fingerprint density at radius 2 is 2.00 bits per heavy atom. The molecule has 0 aliphatic rings. The van der Waals surface area contributed by atoms with Crippen molar-refractivity contribution >= 4 is 0 Å². The van der Waals surface area contributed by atoms with E-state index in [1.165, 1.54) is 13.0 Å². The summed E-state index contributed by atoms with van der Waals surface area (Å²) in [6.07, 6.45) is -4.39. The van der Waals surface area contributed by atoms with Crippen LogP contribution in [-0.4, -0.2) is 11.6 Å². The molecule has 0 aliphatic heterocycles. The Kier molecular flexibility index (Phi) is 2.98. The molecule has 78 valence electrons. The van der Waals surface area contributed by atoms with Gasteiger partial charge in [-0.25, -0.2) is 4.98 Å². The average Bonchev–Trinajstić information content (AvgIpc) is 2.07. The largest absolute Gasteiger partial charge is 0.492 e. The summed E-state index contributed by atoms with van der Waals surface area (Å²) in [6.45, 7) is 3.66. The van der Waals surface area contributed by atoms with Gasteiger partial charge < -0.3 is 4.74 Å². The van der Waals surface area contributed by atoms with Gasteiger partial charge in [-0.2, -0.15) is 13.2 Å². The lowest BCUT2D eigenvalue weighted by atomic mass is 10.3. The first-order chi connectivity index (χ1) is 6.45. The Morgan fingerprint density at radius 3 is 2.43 bits per heavy atom. The maximum atomic E-state index is 12.2. The molecule has 0 unspecified atom stereocenters. The van der Waals surface area contributed by atoms with Gasteiger partial charge in [0.1, 0.15) is 11.4 Å². The van der Waals surface area contributed by atoms with Gasteiger partial charge in [0.25, 0.3) is 0 Å². The summed E-state index contributed by atoms with van der Waals surface area (Å²) in [5.74, 6) is 0.389. The number of hydrogen-bond acceptors (Lipinski definition) is 2. The molecule has 1 aromatic heterocycles. The first-order valence-electron chi connectivity index (χ1n) is 4.12. The summed E-state index contributed by atoms with van der Waals surface area (Å²) in [5, 5.41) is 0. The monoisotopic (exact) mass is 205 g/mol. The minimum absolute atomic E-state index is 0.252. The molecule has 0 aliphatic carbocycles. The van der Waals surface area contributed by atoms with Crippen LogP contribution in [0.2, 0.25) is 0 Å². The molecule has 5 heteroatoms. The van der Waals surface area contributed by atoms with E-state index < -0.39 is 11.9 Å². The van der Waals surface area contributed by atoms with Crippen LogP contribution in [-0.2, 0) is 6.18 Å². The van der Waals surface area contributed by atoms with Gasteiger partial charge in [0.15, 0.2) is 0 Å². The van der Waals surface area contributed by atoms with Crippen LogP contribution in [0.5, 0.6) is 5.75 Å². The highest BCUT2D eigenvalue weighted by atomic mass is 19.4. The van der Waals surface area contributed by atoms with E-state index in [0.29, 0.717) is 12.4 Å². The molecule has 0 N–H and O–H groups in total. The second-order valence-electron chi connectivity index (χ2n) is 2.71. The van der Waals surface area contributed by atoms with Crippen LogP contribution >= 0.6 is 0 Å². The third-order valence-electron chi connectivity index (χ3n) is 1.63. The first kappa shape index (κ1) is 10.8. The summed E-state index contributed by atoms with van der Waals surface area (Å²) in [7, 11) is 0. The number of rotatable bonds is 2. The lowest BCUT2D eigenvalue weighted by molar-refractivity contribution is -0.141. The zero-order chi connectivity index (χ0) is 10.8. The van der Waals surface area contributed by atoms with Gasteiger partial charge in [0, 0.05) is 0 Å². The molecule has 0 aromatic carbocycles. The van der Waals surface area contributed by atoms with E-state index in [4.69, 9.17) is 4.74 Å². The Morgan fingerprint density at radius 1 is 1.36 bits per heavy atom. The summed E-state index contributed by atoms with van der Waals surface area (Å²) in [5.41, 5.74) is -0.639. The van der Waals surface area contributed by atoms with Crippen molar-refractivity contribution < 1.29 is 17.9 Å². The number of aryl methyl sites for hydroxylation is 1. The SMILES string of the molecule is CCOc1ccc(C(F)(F)F)nc1C. The second-order valence-corrected chi connectivity index (χ2v) is 2.71. The van der Waals surface area contributed by atoms with Gasteiger partial charge in [-0.05, 0) is 26.0 Å². The molecule has 0 saturated carbocycles. The van der Waals surface area contributed by atoms with Crippen LogP contribution < -0.4 is 4.74 Å². The molecule has 0 radical (unpaired) electrons. The van der Waals surface area contributed by atoms with Crippen LogP contribution in [0.15, 0.2) is 12.1 Å². The van der Waals surface area contributed by atoms with E-state index >= 15 is 0 Å². The van der Waals surface area contributed by atoms with Crippen molar-refractivity contribution in [3.8, 4) is 5.75 Å². The van der Waals surface area contributed by atoms with Gasteiger partial charge in [0.2, 0.25) is 0 Å². The molecule has 1 rings (SSSR count). The number of pyridine rings is 1. The number of aromatic nitrogens is 1. The van der Waals surface area contributed by atoms with Crippen molar-refractivity contribution in [1.82, 2.24) is 4.98 Å². The first-order valence-corrected chi connectivity index (χ1v) is 4.12. The lowest BCUT2D eigenvalue weighted by Gasteiger charge is -2.09. The molecule has 0 saturated heterocycles. The number of halogens is 3. The van der Waals surface area contributed by atoms with Gasteiger partial charge in [-0.15, -0.1) is 0 Å². The smallest absolute Gasteiger partial charge is 0.433 e. The fourth-order valence-electron chi connectivity index (χ4n) is 1.01. The maximum absolute atomic E-state index is 12.2. The predicted molar refractivity (Wildman–Crippen MR) is 45.1 cm³/mol. The highest BCUT2D eigenvalue weighted by Gasteiger charge is 2.32. The Balaban J connectivity index is 3.01. The van der Waals surface area contributed by atoms with E-state index in [1.807, 2.05) is 0 Å². The molecule has 2 nitrogen and oxygen atoms in total. The predicted octanol–water partition coefficient (Wildman–Crippen LogP) is 2.81. The molecule has 0 atom stereocenters. The fourth-order valence-corrected chi connectivity index (χ4v) is 1.01. The second kappa shape index (κ2) is 3.86. The van der Waals surface area contributed by atoms with Gasteiger partial charge in [0.05, 0.1) is 12.3 Å². The van der Waals surface area contributed by atoms with Crippen LogP contribution in [0.1, 0.15) is 18.3 Å². The van der Waals surface area contributed by atoms with E-state index in [-0.39, 0.29) is 5.69 Å². The fraction of sp³-hybridized carbons (Fsp3) is 0.444. The minimum Gasteiger partial charge on any atom is -0.492 e. The Bertz CT molecular complexity index is 322. The maximum Gasteiger partial charge on any atom is 0.433 e. The molecular formula is C9H10F3NO. The number of hydrogen-bond donors (Lipinski definition) is 0. The van der Waals surface area contributed by atoms with E-state index in [9.17, 15) is 13.2 Å². The lowest BCUT2D eigenvalue weighted by Crippen LogP contribution is -2.09. The van der Waals surface area contributed by atoms with Gasteiger partial charge in [-0.3, -0.25) is 0 Å². The van der Waals surface area contributed by atoms with Crippen molar-refractivity contribution in [3.05, 3.63) is 23.5 Å². The van der Waals surface area contributed by atoms with Crippen LogP contribution in [0.3, 0.4) is 0 Å². The van der Waals surface area contributed by atoms with E-state index in [2.05, 4.69) is 4.98 Å². The molecule has 1 heterocycles. The molecule has 0 amide bonds. The van der Waals surface area contributed by atoms with Crippen molar-refractivity contribution in [3.63, 3.8) is 0 Å². The molecule has 1 aromatic rings. The quantitative estimate of drug-likeness (QED) is 0.740. The zero-order valence-electron chi connectivity index (χ0n) is 7.85. The average molecular weight is 205 g/mol. The topological polar surface area (TPSA) is 22.1 Å². The minimum atomic E-state index is -4.39. The summed E-state index contributed by atoms with van der Waals surface area (Å²) < 4.78 is 41.6. The molecule has 0 fully saturated rings. The van der Waals surface area contributed by atoms with Gasteiger partial charge in [-0.1, -0.05) is 0 Å². The van der Waals surface area contributed by atoms with Crippen molar-refractivity contribution in [2.75, 3.05) is 6.61 Å². The van der Waals surface area contributed by atoms with Crippen LogP contribution in [0.25, 0.3) is 0 Å². The van der Waals surface area contributed by atoms with E-state index in [0.717, 1.165) is 6.07 Å². The normalized spacial score (nSPS) is 11.5. The van der Waals surface area contributed by atoms with Crippen molar-refractivity contribution in [1.29, 1.82) is 0 Å². The standard InChI is InChI=1S/C9H10F3NO/c1-3-14-7-4-5-8(9(10,11)12)13-6(7)2/h4-5H,3H2,1-2H3. The number of alkyl halides is 3. The summed E-state index contributed by atoms with van der Waals surface area (Å²) >= 11 is 0. The summed E-state index contributed by atoms with van der Waals surface area (Å²) in [4.78, 5) is 3.41. The molecule has 0 spiro atoms. The molecular weight excluding hydrogens is 195 g/mol.